The Kier molecular flexibility index (Phi) is 1.86. The van der Waals surface area contributed by atoms with E-state index in [1.54, 1.807) is 4.90 Å². The zero-order chi connectivity index (χ0) is 10.5. The molecule has 78 valence electrons. The Hall–Kier alpha value is -1.03. The number of hydroxylamine groups is 2. The summed E-state index contributed by atoms with van der Waals surface area (Å²) in [5.74, 6) is 0. The molecule has 2 atom stereocenters. The van der Waals surface area contributed by atoms with Gasteiger partial charge in [0.25, 0.3) is 0 Å². The number of urea groups is 1. The van der Waals surface area contributed by atoms with E-state index in [4.69, 9.17) is 0 Å². The van der Waals surface area contributed by atoms with E-state index in [1.165, 1.54) is 0 Å². The minimum Gasteiger partial charge on any atom is -0.314 e. The summed E-state index contributed by atoms with van der Waals surface area (Å²) in [7, 11) is 0. The number of hydrogen-bond acceptors (Lipinski definition) is 2. The van der Waals surface area contributed by atoms with Crippen LogP contribution in [-0.4, -0.2) is 39.3 Å². The van der Waals surface area contributed by atoms with Crippen molar-refractivity contribution in [2.75, 3.05) is 6.54 Å². The van der Waals surface area contributed by atoms with Gasteiger partial charge in [-0.15, -0.1) is 0 Å². The number of nitrogens with zero attached hydrogens (tertiary/aromatic N) is 2. The summed E-state index contributed by atoms with van der Waals surface area (Å²) in [6.07, 6.45) is 1.73. The Bertz CT molecular complexity index is 302. The zero-order valence-electron chi connectivity index (χ0n) is 8.66. The number of rotatable bonds is 1. The van der Waals surface area contributed by atoms with Crippen molar-refractivity contribution in [3.63, 3.8) is 0 Å². The highest BCUT2D eigenvalue weighted by Gasteiger charge is 2.52. The lowest BCUT2D eigenvalue weighted by atomic mass is 9.87. The molecule has 0 aromatic rings. The third kappa shape index (κ3) is 1.07. The molecule has 0 aromatic heterocycles. The fourth-order valence-corrected chi connectivity index (χ4v) is 2.40. The summed E-state index contributed by atoms with van der Waals surface area (Å²) in [5, 5.41) is 10.5. The molecular weight excluding hydrogens is 180 g/mol. The average Bonchev–Trinajstić information content (AvgIpc) is 2.28. The van der Waals surface area contributed by atoms with Crippen LogP contribution in [0.2, 0.25) is 0 Å². The van der Waals surface area contributed by atoms with Crippen LogP contribution in [0.4, 0.5) is 4.79 Å². The number of carbonyl (C=O) groups excluding carboxylic acids is 1. The molecule has 0 saturated carbocycles. The van der Waals surface area contributed by atoms with Crippen LogP contribution in [0.15, 0.2) is 12.2 Å². The molecule has 2 saturated heterocycles. The topological polar surface area (TPSA) is 43.8 Å². The number of piperidine rings is 1. The van der Waals surface area contributed by atoms with Crippen molar-refractivity contribution in [3.8, 4) is 0 Å². The first-order valence-corrected chi connectivity index (χ1v) is 4.91. The van der Waals surface area contributed by atoms with Gasteiger partial charge in [0.15, 0.2) is 0 Å². The van der Waals surface area contributed by atoms with Gasteiger partial charge >= 0.3 is 6.03 Å². The third-order valence-electron chi connectivity index (χ3n) is 3.35. The van der Waals surface area contributed by atoms with E-state index in [0.717, 1.165) is 23.5 Å². The SMILES string of the molecule is C=C(C)[C@@H]1CC[C@]2(C)CN1C(=O)N2O. The van der Waals surface area contributed by atoms with Gasteiger partial charge in [0, 0.05) is 6.54 Å². The van der Waals surface area contributed by atoms with Gasteiger partial charge in [-0.05, 0) is 26.7 Å². The van der Waals surface area contributed by atoms with Gasteiger partial charge in [0.2, 0.25) is 0 Å². The standard InChI is InChI=1S/C10H16N2O2/c1-7(2)8-4-5-10(3)6-11(8)9(13)12(10)14/h8,14H,1,4-6H2,2-3H3/t8-,10+/m0/s1. The van der Waals surface area contributed by atoms with Gasteiger partial charge in [-0.3, -0.25) is 5.21 Å². The molecule has 2 bridgehead atoms. The van der Waals surface area contributed by atoms with E-state index in [2.05, 4.69) is 6.58 Å². The van der Waals surface area contributed by atoms with E-state index < -0.39 is 0 Å². The first kappa shape index (κ1) is 9.52. The lowest BCUT2D eigenvalue weighted by Crippen LogP contribution is -2.46. The van der Waals surface area contributed by atoms with Crippen molar-refractivity contribution in [2.24, 2.45) is 0 Å². The van der Waals surface area contributed by atoms with E-state index in [-0.39, 0.29) is 17.6 Å². The molecule has 14 heavy (non-hydrogen) atoms. The van der Waals surface area contributed by atoms with Gasteiger partial charge in [-0.25, -0.2) is 4.79 Å². The Morgan fingerprint density at radius 3 is 2.93 bits per heavy atom. The second-order valence-corrected chi connectivity index (χ2v) is 4.62. The quantitative estimate of drug-likeness (QED) is 0.511. The highest BCUT2D eigenvalue weighted by molar-refractivity contribution is 5.78. The molecule has 0 spiro atoms. The van der Waals surface area contributed by atoms with Gasteiger partial charge in [0.1, 0.15) is 0 Å². The fraction of sp³-hybridized carbons (Fsp3) is 0.700. The summed E-state index contributed by atoms with van der Waals surface area (Å²) >= 11 is 0. The highest BCUT2D eigenvalue weighted by Crippen LogP contribution is 2.38. The number of hydrogen-bond donors (Lipinski definition) is 1. The second-order valence-electron chi connectivity index (χ2n) is 4.62. The Morgan fingerprint density at radius 2 is 2.36 bits per heavy atom. The Balaban J connectivity index is 2.30. The Labute approximate surface area is 83.8 Å². The molecule has 2 amide bonds. The summed E-state index contributed by atoms with van der Waals surface area (Å²) in [6, 6.07) is -0.175. The minimum absolute atomic E-state index is 0.104. The highest BCUT2D eigenvalue weighted by atomic mass is 16.5. The molecule has 2 aliphatic rings. The molecule has 4 nitrogen and oxygen atoms in total. The van der Waals surface area contributed by atoms with Crippen molar-refractivity contribution in [1.29, 1.82) is 0 Å². The van der Waals surface area contributed by atoms with Crippen molar-refractivity contribution in [1.82, 2.24) is 9.96 Å². The summed E-state index contributed by atoms with van der Waals surface area (Å²) in [5.41, 5.74) is 0.610. The van der Waals surface area contributed by atoms with Crippen molar-refractivity contribution in [2.45, 2.75) is 38.3 Å². The van der Waals surface area contributed by atoms with Crippen LogP contribution in [-0.2, 0) is 0 Å². The molecule has 2 rings (SSSR count). The Morgan fingerprint density at radius 1 is 1.71 bits per heavy atom. The van der Waals surface area contributed by atoms with E-state index in [9.17, 15) is 10.0 Å². The van der Waals surface area contributed by atoms with Crippen LogP contribution in [0.3, 0.4) is 0 Å². The molecule has 0 aromatic carbocycles. The van der Waals surface area contributed by atoms with Crippen LogP contribution in [0.5, 0.6) is 0 Å². The van der Waals surface area contributed by atoms with Crippen LogP contribution < -0.4 is 0 Å². The molecule has 0 unspecified atom stereocenters. The maximum atomic E-state index is 11.7. The van der Waals surface area contributed by atoms with E-state index in [0.29, 0.717) is 6.54 Å². The van der Waals surface area contributed by atoms with Gasteiger partial charge in [-0.2, -0.15) is 5.06 Å². The fourth-order valence-electron chi connectivity index (χ4n) is 2.40. The molecule has 0 aliphatic carbocycles. The summed E-state index contributed by atoms with van der Waals surface area (Å²) in [4.78, 5) is 13.4. The van der Waals surface area contributed by atoms with Gasteiger partial charge in [-0.1, -0.05) is 12.2 Å². The van der Waals surface area contributed by atoms with Crippen LogP contribution in [0, 0.1) is 0 Å². The number of carbonyl (C=O) groups is 1. The summed E-state index contributed by atoms with van der Waals surface area (Å²) in [6.45, 7) is 8.34. The lowest BCUT2D eigenvalue weighted by Gasteiger charge is -2.35. The molecule has 0 radical (unpaired) electrons. The van der Waals surface area contributed by atoms with Gasteiger partial charge < -0.3 is 4.90 Å². The van der Waals surface area contributed by atoms with Crippen LogP contribution >= 0.6 is 0 Å². The molecule has 2 fully saturated rings. The van der Waals surface area contributed by atoms with Crippen molar-refractivity contribution in [3.05, 3.63) is 12.2 Å². The van der Waals surface area contributed by atoms with Crippen LogP contribution in [0.25, 0.3) is 0 Å². The normalized spacial score (nSPS) is 36.5. The largest absolute Gasteiger partial charge is 0.344 e. The number of amides is 2. The predicted octanol–water partition coefficient (Wildman–Crippen LogP) is 1.61. The summed E-state index contributed by atoms with van der Waals surface area (Å²) < 4.78 is 0. The molecule has 4 heteroatoms. The van der Waals surface area contributed by atoms with E-state index in [1.807, 2.05) is 13.8 Å². The zero-order valence-corrected chi connectivity index (χ0v) is 8.66. The lowest BCUT2D eigenvalue weighted by molar-refractivity contribution is -0.1000. The first-order chi connectivity index (χ1) is 6.46. The van der Waals surface area contributed by atoms with Crippen molar-refractivity contribution >= 4 is 6.03 Å². The molecule has 2 aliphatic heterocycles. The monoisotopic (exact) mass is 196 g/mol. The molecule has 2 heterocycles. The number of fused-ring (bicyclic) bond motifs is 2. The smallest absolute Gasteiger partial charge is 0.314 e. The predicted molar refractivity (Wildman–Crippen MR) is 52.0 cm³/mol. The maximum Gasteiger partial charge on any atom is 0.344 e. The first-order valence-electron chi connectivity index (χ1n) is 4.91. The third-order valence-corrected chi connectivity index (χ3v) is 3.35. The molecule has 1 N–H and O–H groups in total. The second kappa shape index (κ2) is 2.73. The van der Waals surface area contributed by atoms with Gasteiger partial charge in [0.05, 0.1) is 11.6 Å². The van der Waals surface area contributed by atoms with Crippen molar-refractivity contribution < 1.29 is 10.0 Å². The van der Waals surface area contributed by atoms with Crippen LogP contribution in [0.1, 0.15) is 26.7 Å². The minimum atomic E-state index is -0.386. The van der Waals surface area contributed by atoms with E-state index >= 15 is 0 Å². The molecular formula is C10H16N2O2. The average molecular weight is 196 g/mol. The maximum absolute atomic E-state index is 11.7.